The van der Waals surface area contributed by atoms with E-state index in [0.29, 0.717) is 50.4 Å². The normalized spacial score (nSPS) is 18.3. The van der Waals surface area contributed by atoms with E-state index < -0.39 is 20.0 Å². The Balaban J connectivity index is 1.42. The number of nitrogens with two attached hydrogens (primary N) is 1. The van der Waals surface area contributed by atoms with E-state index in [-0.39, 0.29) is 34.5 Å². The number of sulfonamides is 2. The van der Waals surface area contributed by atoms with Crippen molar-refractivity contribution in [3.05, 3.63) is 35.2 Å². The first-order chi connectivity index (χ1) is 15.5. The van der Waals surface area contributed by atoms with Gasteiger partial charge in [-0.05, 0) is 57.0 Å². The molecule has 4 rings (SSSR count). The van der Waals surface area contributed by atoms with Crippen LogP contribution < -0.4 is 10.0 Å². The molecule has 11 nitrogen and oxygen atoms in total. The van der Waals surface area contributed by atoms with Crippen LogP contribution in [0, 0.1) is 13.8 Å². The average molecular weight is 498 g/mol. The number of amides is 1. The summed E-state index contributed by atoms with van der Waals surface area (Å²) < 4.78 is 55.8. The van der Waals surface area contributed by atoms with Gasteiger partial charge in [0.2, 0.25) is 26.0 Å². The molecule has 1 saturated heterocycles. The molecule has 0 unspecified atom stereocenters. The van der Waals surface area contributed by atoms with Crippen LogP contribution in [-0.4, -0.2) is 76.4 Å². The van der Waals surface area contributed by atoms with Gasteiger partial charge in [0, 0.05) is 31.9 Å². The fourth-order valence-electron chi connectivity index (χ4n) is 4.41. The molecule has 180 valence electrons. The number of hydrogen-bond donors (Lipinski definition) is 1. The van der Waals surface area contributed by atoms with Gasteiger partial charge in [0.25, 0.3) is 0 Å². The molecule has 0 saturated carbocycles. The molecule has 0 atom stereocenters. The molecule has 0 radical (unpaired) electrons. The zero-order chi connectivity index (χ0) is 24.0. The molecule has 0 bridgehead atoms. The fourth-order valence-corrected chi connectivity index (χ4v) is 6.73. The van der Waals surface area contributed by atoms with Crippen LogP contribution in [0.25, 0.3) is 0 Å². The second kappa shape index (κ2) is 8.80. The van der Waals surface area contributed by atoms with Crippen LogP contribution in [0.15, 0.2) is 32.5 Å². The standard InChI is InChI=1S/C20H27N5O6S2/c1-14-20(15(2)31-22-14)33(29,30)24-8-3-7-23(10-11-24)13-19(26)25-9-6-16-12-17(32(21,27)28)4-5-18(16)25/h4-5,12H,3,6-11,13H2,1-2H3,(H2,21,27,28). The lowest BCUT2D eigenvalue weighted by Gasteiger charge is -2.24. The molecular weight excluding hydrogens is 470 g/mol. The second-order valence-corrected chi connectivity index (χ2v) is 11.8. The first kappa shape index (κ1) is 23.8. The van der Waals surface area contributed by atoms with Crippen molar-refractivity contribution >= 4 is 31.6 Å². The highest BCUT2D eigenvalue weighted by Gasteiger charge is 2.33. The first-order valence-electron chi connectivity index (χ1n) is 10.6. The maximum absolute atomic E-state index is 13.1. The zero-order valence-corrected chi connectivity index (χ0v) is 20.2. The van der Waals surface area contributed by atoms with Crippen molar-refractivity contribution in [3.8, 4) is 0 Å². The third-order valence-corrected chi connectivity index (χ3v) is 9.10. The molecule has 0 aliphatic carbocycles. The van der Waals surface area contributed by atoms with Crippen LogP contribution in [0.1, 0.15) is 23.4 Å². The number of fused-ring (bicyclic) bond motifs is 1. The molecule has 1 amide bonds. The van der Waals surface area contributed by atoms with E-state index in [1.54, 1.807) is 24.8 Å². The Morgan fingerprint density at radius 2 is 1.85 bits per heavy atom. The molecule has 1 aromatic heterocycles. The monoisotopic (exact) mass is 497 g/mol. The lowest BCUT2D eigenvalue weighted by atomic mass is 10.2. The molecule has 0 spiro atoms. The van der Waals surface area contributed by atoms with Gasteiger partial charge in [-0.1, -0.05) is 5.16 Å². The fraction of sp³-hybridized carbons (Fsp3) is 0.500. The number of carbonyl (C=O) groups excluding carboxylic acids is 1. The van der Waals surface area contributed by atoms with Crippen LogP contribution in [0.4, 0.5) is 5.69 Å². The minimum Gasteiger partial charge on any atom is -0.360 e. The summed E-state index contributed by atoms with van der Waals surface area (Å²) in [5.41, 5.74) is 1.79. The predicted molar refractivity (Wildman–Crippen MR) is 120 cm³/mol. The maximum Gasteiger partial charge on any atom is 0.248 e. The van der Waals surface area contributed by atoms with Gasteiger partial charge in [-0.15, -0.1) is 0 Å². The second-order valence-electron chi connectivity index (χ2n) is 8.32. The van der Waals surface area contributed by atoms with E-state index in [9.17, 15) is 21.6 Å². The molecule has 2 aliphatic heterocycles. The molecule has 1 aromatic carbocycles. The van der Waals surface area contributed by atoms with Gasteiger partial charge in [0.1, 0.15) is 10.6 Å². The third-order valence-electron chi connectivity index (χ3n) is 6.05. The highest BCUT2D eigenvalue weighted by Crippen LogP contribution is 2.30. The van der Waals surface area contributed by atoms with Crippen LogP contribution in [0.3, 0.4) is 0 Å². The van der Waals surface area contributed by atoms with Gasteiger partial charge in [-0.2, -0.15) is 4.31 Å². The number of anilines is 1. The van der Waals surface area contributed by atoms with E-state index in [1.165, 1.54) is 16.4 Å². The summed E-state index contributed by atoms with van der Waals surface area (Å²) in [5, 5.41) is 8.96. The Kier molecular flexibility index (Phi) is 6.35. The molecule has 1 fully saturated rings. The lowest BCUT2D eigenvalue weighted by Crippen LogP contribution is -2.41. The molecular formula is C20H27N5O6S2. The van der Waals surface area contributed by atoms with Crippen molar-refractivity contribution in [1.82, 2.24) is 14.4 Å². The summed E-state index contributed by atoms with van der Waals surface area (Å²) in [6.45, 7) is 5.40. The number of nitrogens with zero attached hydrogens (tertiary/aromatic N) is 4. The van der Waals surface area contributed by atoms with Crippen molar-refractivity contribution in [1.29, 1.82) is 0 Å². The first-order valence-corrected chi connectivity index (χ1v) is 13.6. The number of primary sulfonamides is 1. The van der Waals surface area contributed by atoms with E-state index in [0.717, 1.165) is 5.56 Å². The van der Waals surface area contributed by atoms with Crippen LogP contribution >= 0.6 is 0 Å². The predicted octanol–water partition coefficient (Wildman–Crippen LogP) is 0.225. The van der Waals surface area contributed by atoms with Crippen LogP contribution in [0.2, 0.25) is 0 Å². The number of aryl methyl sites for hydroxylation is 2. The van der Waals surface area contributed by atoms with Crippen LogP contribution in [-0.2, 0) is 31.3 Å². The summed E-state index contributed by atoms with van der Waals surface area (Å²) in [4.78, 5) is 16.7. The number of benzene rings is 1. The highest BCUT2D eigenvalue weighted by atomic mass is 32.2. The molecule has 3 heterocycles. The van der Waals surface area contributed by atoms with Gasteiger partial charge in [0.05, 0.1) is 11.4 Å². The van der Waals surface area contributed by atoms with Gasteiger partial charge in [-0.25, -0.2) is 22.0 Å². The van der Waals surface area contributed by atoms with Gasteiger partial charge >= 0.3 is 0 Å². The Morgan fingerprint density at radius 1 is 1.09 bits per heavy atom. The molecule has 2 aliphatic rings. The number of rotatable bonds is 5. The maximum atomic E-state index is 13.1. The summed E-state index contributed by atoms with van der Waals surface area (Å²) >= 11 is 0. The Morgan fingerprint density at radius 3 is 2.52 bits per heavy atom. The number of aromatic nitrogens is 1. The summed E-state index contributed by atoms with van der Waals surface area (Å²) in [5.74, 6) is 0.154. The van der Waals surface area contributed by atoms with E-state index in [4.69, 9.17) is 9.66 Å². The summed E-state index contributed by atoms with van der Waals surface area (Å²) in [6.07, 6.45) is 1.14. The quantitative estimate of drug-likeness (QED) is 0.617. The average Bonchev–Trinajstić information content (AvgIpc) is 3.22. The smallest absolute Gasteiger partial charge is 0.248 e. The lowest BCUT2D eigenvalue weighted by molar-refractivity contribution is -0.119. The zero-order valence-electron chi connectivity index (χ0n) is 18.5. The Hall–Kier alpha value is -2.32. The van der Waals surface area contributed by atoms with Gasteiger partial charge in [-0.3, -0.25) is 9.69 Å². The van der Waals surface area contributed by atoms with Crippen molar-refractivity contribution in [2.75, 3.05) is 44.2 Å². The summed E-state index contributed by atoms with van der Waals surface area (Å²) in [6, 6.07) is 4.53. The minimum absolute atomic E-state index is 0.0302. The van der Waals surface area contributed by atoms with E-state index in [2.05, 4.69) is 5.16 Å². The van der Waals surface area contributed by atoms with E-state index in [1.807, 2.05) is 4.90 Å². The summed E-state index contributed by atoms with van der Waals surface area (Å²) in [7, 11) is -7.53. The molecule has 2 N–H and O–H groups in total. The minimum atomic E-state index is -3.80. The van der Waals surface area contributed by atoms with Crippen molar-refractivity contribution in [2.24, 2.45) is 5.14 Å². The van der Waals surface area contributed by atoms with Gasteiger partial charge < -0.3 is 9.42 Å². The number of hydrogen-bond acceptors (Lipinski definition) is 8. The van der Waals surface area contributed by atoms with Crippen molar-refractivity contribution in [2.45, 2.75) is 36.5 Å². The topological polar surface area (TPSA) is 147 Å². The highest BCUT2D eigenvalue weighted by molar-refractivity contribution is 7.89. The van der Waals surface area contributed by atoms with Crippen molar-refractivity contribution < 1.29 is 26.2 Å². The number of carbonyl (C=O) groups is 1. The Labute approximate surface area is 193 Å². The SMILES string of the molecule is Cc1noc(C)c1S(=O)(=O)N1CCCN(CC(=O)N2CCc3cc(S(N)(=O)=O)ccc32)CC1. The van der Waals surface area contributed by atoms with Gasteiger partial charge in [0.15, 0.2) is 5.76 Å². The molecule has 33 heavy (non-hydrogen) atoms. The van der Waals surface area contributed by atoms with Crippen molar-refractivity contribution in [3.63, 3.8) is 0 Å². The van der Waals surface area contributed by atoms with E-state index >= 15 is 0 Å². The largest absolute Gasteiger partial charge is 0.360 e. The molecule has 2 aromatic rings. The Bertz CT molecular complexity index is 1270. The molecule has 13 heteroatoms. The third kappa shape index (κ3) is 4.68. The van der Waals surface area contributed by atoms with Crippen LogP contribution in [0.5, 0.6) is 0 Å².